The number of rotatable bonds is 3. The van der Waals surface area contributed by atoms with Crippen molar-refractivity contribution in [2.45, 2.75) is 51.0 Å². The predicted octanol–water partition coefficient (Wildman–Crippen LogP) is 3.94. The second-order valence-electron chi connectivity index (χ2n) is 5.91. The van der Waals surface area contributed by atoms with Crippen molar-refractivity contribution in [3.63, 3.8) is 0 Å². The summed E-state index contributed by atoms with van der Waals surface area (Å²) in [5, 5.41) is 1.02. The largest absolute Gasteiger partial charge is 0.464 e. The molecular weight excluding hydrogens is 302 g/mol. The molecule has 1 aliphatic rings. The van der Waals surface area contributed by atoms with E-state index in [1.165, 1.54) is 13.5 Å². The lowest BCUT2D eigenvalue weighted by atomic mass is 9.79. The van der Waals surface area contributed by atoms with Crippen molar-refractivity contribution in [3.8, 4) is 0 Å². The van der Waals surface area contributed by atoms with E-state index < -0.39 is 0 Å². The molecule has 0 N–H and O–H groups in total. The Morgan fingerprint density at radius 1 is 1.41 bits per heavy atom. The van der Waals surface area contributed by atoms with Crippen molar-refractivity contribution in [2.24, 2.45) is 0 Å². The average Bonchev–Trinajstić information content (AvgIpc) is 2.93. The number of halogens is 1. The minimum Gasteiger partial charge on any atom is -0.464 e. The third-order valence-corrected chi connectivity index (χ3v) is 5.00. The standard InChI is InChI=1S/C16H20ClN3O2/c1-3-16(7-5-4-6-8-16)20-12(14(21)22-2)9-11-10-18-15(17)19-13(11)20/h9-10H,3-8H2,1-2H3. The fraction of sp³-hybridized carbons (Fsp3) is 0.562. The monoisotopic (exact) mass is 321 g/mol. The lowest BCUT2D eigenvalue weighted by Crippen LogP contribution is -2.37. The lowest BCUT2D eigenvalue weighted by molar-refractivity contribution is 0.0571. The zero-order chi connectivity index (χ0) is 15.7. The van der Waals surface area contributed by atoms with Crippen LogP contribution >= 0.6 is 11.6 Å². The van der Waals surface area contributed by atoms with Gasteiger partial charge in [-0.05, 0) is 36.9 Å². The number of methoxy groups -OCH3 is 1. The van der Waals surface area contributed by atoms with Gasteiger partial charge in [0.25, 0.3) is 0 Å². The van der Waals surface area contributed by atoms with Crippen LogP contribution in [0.15, 0.2) is 12.3 Å². The molecule has 0 radical (unpaired) electrons. The summed E-state index contributed by atoms with van der Waals surface area (Å²) in [6.07, 6.45) is 8.25. The molecule has 2 aromatic rings. The first-order chi connectivity index (χ1) is 10.6. The van der Waals surface area contributed by atoms with Gasteiger partial charge in [0, 0.05) is 17.1 Å². The van der Waals surface area contributed by atoms with Crippen LogP contribution < -0.4 is 0 Å². The van der Waals surface area contributed by atoms with Gasteiger partial charge in [0.1, 0.15) is 11.3 Å². The summed E-state index contributed by atoms with van der Waals surface area (Å²) < 4.78 is 7.03. The first-order valence-corrected chi connectivity index (χ1v) is 8.12. The number of hydrogen-bond acceptors (Lipinski definition) is 4. The Morgan fingerprint density at radius 3 is 2.77 bits per heavy atom. The molecule has 5 nitrogen and oxygen atoms in total. The highest BCUT2D eigenvalue weighted by atomic mass is 35.5. The molecule has 0 saturated heterocycles. The van der Waals surface area contributed by atoms with Gasteiger partial charge in [-0.1, -0.05) is 26.2 Å². The third kappa shape index (κ3) is 2.37. The zero-order valence-corrected chi connectivity index (χ0v) is 13.7. The second kappa shape index (κ2) is 5.88. The van der Waals surface area contributed by atoms with E-state index in [0.717, 1.165) is 43.1 Å². The number of nitrogens with zero attached hydrogens (tertiary/aromatic N) is 3. The van der Waals surface area contributed by atoms with Gasteiger partial charge in [0.05, 0.1) is 7.11 Å². The third-order valence-electron chi connectivity index (χ3n) is 4.82. The summed E-state index contributed by atoms with van der Waals surface area (Å²) in [6.45, 7) is 2.17. The fourth-order valence-electron chi connectivity index (χ4n) is 3.65. The maximum absolute atomic E-state index is 12.3. The first-order valence-electron chi connectivity index (χ1n) is 7.74. The summed E-state index contributed by atoms with van der Waals surface area (Å²) in [6, 6.07) is 1.81. The maximum atomic E-state index is 12.3. The first kappa shape index (κ1) is 15.3. The Labute approximate surface area is 134 Å². The average molecular weight is 322 g/mol. The summed E-state index contributed by atoms with van der Waals surface area (Å²) in [4.78, 5) is 20.7. The molecule has 1 fully saturated rings. The summed E-state index contributed by atoms with van der Waals surface area (Å²) in [5.41, 5.74) is 1.17. The fourth-order valence-corrected chi connectivity index (χ4v) is 3.78. The molecule has 0 unspecified atom stereocenters. The number of carbonyl (C=O) groups excluding carboxylic acids is 1. The Morgan fingerprint density at radius 2 is 2.14 bits per heavy atom. The molecule has 2 heterocycles. The summed E-state index contributed by atoms with van der Waals surface area (Å²) in [7, 11) is 1.41. The molecule has 0 bridgehead atoms. The molecule has 0 amide bonds. The number of esters is 1. The van der Waals surface area contributed by atoms with Crippen molar-refractivity contribution >= 4 is 28.6 Å². The highest BCUT2D eigenvalue weighted by molar-refractivity contribution is 6.28. The second-order valence-corrected chi connectivity index (χ2v) is 6.25. The minimum atomic E-state index is -0.340. The van der Waals surface area contributed by atoms with Gasteiger partial charge in [-0.25, -0.2) is 9.78 Å². The van der Waals surface area contributed by atoms with Crippen molar-refractivity contribution in [1.29, 1.82) is 0 Å². The van der Waals surface area contributed by atoms with Crippen molar-refractivity contribution in [3.05, 3.63) is 23.2 Å². The summed E-state index contributed by atoms with van der Waals surface area (Å²) >= 11 is 5.99. The van der Waals surface area contributed by atoms with E-state index in [4.69, 9.17) is 16.3 Å². The molecular formula is C16H20ClN3O2. The Kier molecular flexibility index (Phi) is 4.08. The van der Waals surface area contributed by atoms with Crippen LogP contribution in [-0.4, -0.2) is 27.6 Å². The minimum absolute atomic E-state index is 0.0960. The van der Waals surface area contributed by atoms with Gasteiger partial charge in [0.2, 0.25) is 5.28 Å². The van der Waals surface area contributed by atoms with Crippen LogP contribution in [0.2, 0.25) is 5.28 Å². The normalized spacial score (nSPS) is 17.6. The number of fused-ring (bicyclic) bond motifs is 1. The highest BCUT2D eigenvalue weighted by Crippen LogP contribution is 2.41. The van der Waals surface area contributed by atoms with Crippen LogP contribution in [0.1, 0.15) is 55.9 Å². The van der Waals surface area contributed by atoms with E-state index in [1.807, 2.05) is 6.07 Å². The van der Waals surface area contributed by atoms with E-state index in [-0.39, 0.29) is 16.8 Å². The van der Waals surface area contributed by atoms with Gasteiger partial charge in [-0.15, -0.1) is 0 Å². The molecule has 6 heteroatoms. The molecule has 22 heavy (non-hydrogen) atoms. The van der Waals surface area contributed by atoms with E-state index in [2.05, 4.69) is 21.5 Å². The SMILES string of the molecule is CCC1(n2c(C(=O)OC)cc3cnc(Cl)nc32)CCCCC1. The van der Waals surface area contributed by atoms with Crippen molar-refractivity contribution in [2.75, 3.05) is 7.11 Å². The van der Waals surface area contributed by atoms with E-state index in [0.29, 0.717) is 5.69 Å². The Hall–Kier alpha value is -1.62. The number of ether oxygens (including phenoxy) is 1. The van der Waals surface area contributed by atoms with Crippen LogP contribution in [0.25, 0.3) is 11.0 Å². The van der Waals surface area contributed by atoms with E-state index >= 15 is 0 Å². The molecule has 3 rings (SSSR count). The molecule has 2 aromatic heterocycles. The Bertz CT molecular complexity index is 705. The molecule has 0 spiro atoms. The van der Waals surface area contributed by atoms with Gasteiger partial charge in [0.15, 0.2) is 0 Å². The van der Waals surface area contributed by atoms with Gasteiger partial charge in [-0.2, -0.15) is 4.98 Å². The lowest BCUT2D eigenvalue weighted by Gasteiger charge is -2.39. The number of aromatic nitrogens is 3. The van der Waals surface area contributed by atoms with E-state index in [1.54, 1.807) is 6.20 Å². The summed E-state index contributed by atoms with van der Waals surface area (Å²) in [5.74, 6) is -0.340. The highest BCUT2D eigenvalue weighted by Gasteiger charge is 2.36. The van der Waals surface area contributed by atoms with Gasteiger partial charge >= 0.3 is 5.97 Å². The smallest absolute Gasteiger partial charge is 0.354 e. The maximum Gasteiger partial charge on any atom is 0.354 e. The number of carbonyl (C=O) groups is 1. The Balaban J connectivity index is 2.28. The van der Waals surface area contributed by atoms with Gasteiger partial charge in [-0.3, -0.25) is 0 Å². The van der Waals surface area contributed by atoms with Crippen molar-refractivity contribution < 1.29 is 9.53 Å². The van der Waals surface area contributed by atoms with E-state index in [9.17, 15) is 4.79 Å². The molecule has 0 aromatic carbocycles. The van der Waals surface area contributed by atoms with Crippen LogP contribution in [0, 0.1) is 0 Å². The number of hydrogen-bond donors (Lipinski definition) is 0. The molecule has 118 valence electrons. The van der Waals surface area contributed by atoms with Gasteiger partial charge < -0.3 is 9.30 Å². The molecule has 0 atom stereocenters. The molecule has 1 aliphatic carbocycles. The molecule has 0 aliphatic heterocycles. The van der Waals surface area contributed by atoms with Crippen molar-refractivity contribution in [1.82, 2.24) is 14.5 Å². The van der Waals surface area contributed by atoms with Crippen LogP contribution in [-0.2, 0) is 10.3 Å². The quantitative estimate of drug-likeness (QED) is 0.634. The molecule has 1 saturated carbocycles. The zero-order valence-electron chi connectivity index (χ0n) is 12.9. The van der Waals surface area contributed by atoms with Crippen LogP contribution in [0.3, 0.4) is 0 Å². The van der Waals surface area contributed by atoms with Crippen LogP contribution in [0.4, 0.5) is 0 Å². The predicted molar refractivity (Wildman–Crippen MR) is 85.2 cm³/mol. The topological polar surface area (TPSA) is 57.0 Å². The van der Waals surface area contributed by atoms with Crippen LogP contribution in [0.5, 0.6) is 0 Å².